The minimum atomic E-state index is -4.01. The highest BCUT2D eigenvalue weighted by Crippen LogP contribution is 2.18. The van der Waals surface area contributed by atoms with Crippen molar-refractivity contribution in [1.82, 2.24) is 0 Å². The molecule has 5 nitrogen and oxygen atoms in total. The van der Waals surface area contributed by atoms with Gasteiger partial charge in [0.05, 0.1) is 29.9 Å². The standard InChI is InChI=1S/C11H14O5S/c1-8-3-4-9(11(13)16-2)7-10(8)17(14,15)6-5-12/h3-4,7,12H,5-6H2,1-2H3/i1D3. The lowest BCUT2D eigenvalue weighted by molar-refractivity contribution is 0.0600. The second-order valence-corrected chi connectivity index (χ2v) is 5.32. The third kappa shape index (κ3) is 3.04. The molecule has 0 bridgehead atoms. The van der Waals surface area contributed by atoms with E-state index in [9.17, 15) is 13.2 Å². The Morgan fingerprint density at radius 2 is 2.24 bits per heavy atom. The summed E-state index contributed by atoms with van der Waals surface area (Å²) in [6.45, 7) is -3.29. The van der Waals surface area contributed by atoms with Crippen molar-refractivity contribution in [3.8, 4) is 0 Å². The number of benzene rings is 1. The van der Waals surface area contributed by atoms with E-state index in [1.807, 2.05) is 0 Å². The van der Waals surface area contributed by atoms with Crippen LogP contribution >= 0.6 is 0 Å². The summed E-state index contributed by atoms with van der Waals surface area (Å²) in [5, 5.41) is 8.77. The van der Waals surface area contributed by atoms with Crippen LogP contribution in [-0.4, -0.2) is 39.0 Å². The number of esters is 1. The van der Waals surface area contributed by atoms with Gasteiger partial charge in [-0.05, 0) is 24.5 Å². The second kappa shape index (κ2) is 5.29. The molecule has 0 spiro atoms. The van der Waals surface area contributed by atoms with Crippen LogP contribution in [0.1, 0.15) is 20.0 Å². The molecule has 0 aliphatic heterocycles. The third-order valence-electron chi connectivity index (χ3n) is 2.10. The van der Waals surface area contributed by atoms with E-state index in [0.29, 0.717) is 0 Å². The molecule has 1 aromatic rings. The molecule has 0 unspecified atom stereocenters. The van der Waals surface area contributed by atoms with Gasteiger partial charge in [-0.2, -0.15) is 0 Å². The fourth-order valence-corrected chi connectivity index (χ4v) is 2.42. The summed E-state index contributed by atoms with van der Waals surface area (Å²) in [7, 11) is -2.88. The summed E-state index contributed by atoms with van der Waals surface area (Å²) in [5.74, 6) is -1.40. The van der Waals surface area contributed by atoms with Crippen molar-refractivity contribution >= 4 is 15.8 Å². The first kappa shape index (κ1) is 9.61. The van der Waals surface area contributed by atoms with Gasteiger partial charge in [0.2, 0.25) is 0 Å². The van der Waals surface area contributed by atoms with Crippen LogP contribution in [0.4, 0.5) is 0 Å². The smallest absolute Gasteiger partial charge is 0.337 e. The molecule has 17 heavy (non-hydrogen) atoms. The molecule has 0 saturated heterocycles. The first-order valence-electron chi connectivity index (χ1n) is 6.20. The molecule has 0 aromatic heterocycles. The van der Waals surface area contributed by atoms with E-state index in [2.05, 4.69) is 4.74 Å². The van der Waals surface area contributed by atoms with E-state index >= 15 is 0 Å². The van der Waals surface area contributed by atoms with Gasteiger partial charge in [0.15, 0.2) is 9.84 Å². The Bertz CT molecular complexity index is 607. The third-order valence-corrected chi connectivity index (χ3v) is 3.83. The van der Waals surface area contributed by atoms with Crippen LogP contribution in [-0.2, 0) is 14.6 Å². The number of hydrogen-bond donors (Lipinski definition) is 1. The first-order valence-corrected chi connectivity index (χ1v) is 6.35. The highest BCUT2D eigenvalue weighted by atomic mass is 32.2. The summed E-state index contributed by atoms with van der Waals surface area (Å²) >= 11 is 0. The predicted octanol–water partition coefficient (Wildman–Crippen LogP) is 0.548. The molecule has 94 valence electrons. The van der Waals surface area contributed by atoms with Crippen LogP contribution in [0.15, 0.2) is 23.1 Å². The number of methoxy groups -OCH3 is 1. The topological polar surface area (TPSA) is 80.7 Å². The molecule has 1 N–H and O–H groups in total. The summed E-state index contributed by atoms with van der Waals surface area (Å²) in [5.41, 5.74) is -0.462. The number of rotatable bonds is 4. The van der Waals surface area contributed by atoms with Gasteiger partial charge in [-0.1, -0.05) is 6.07 Å². The first-order chi connectivity index (χ1) is 9.13. The maximum Gasteiger partial charge on any atom is 0.337 e. The number of aliphatic hydroxyl groups excluding tert-OH is 1. The lowest BCUT2D eigenvalue weighted by atomic mass is 10.1. The van der Waals surface area contributed by atoms with Crippen molar-refractivity contribution in [3.05, 3.63) is 29.3 Å². The number of aryl methyl sites for hydroxylation is 1. The normalized spacial score (nSPS) is 14.6. The second-order valence-electron chi connectivity index (χ2n) is 3.24. The quantitative estimate of drug-likeness (QED) is 0.800. The molecule has 6 heteroatoms. The summed E-state index contributed by atoms with van der Waals surface area (Å²) < 4.78 is 50.5. The van der Waals surface area contributed by atoms with E-state index in [1.54, 1.807) is 0 Å². The minimum absolute atomic E-state index is 0.0722. The van der Waals surface area contributed by atoms with Crippen LogP contribution in [0.3, 0.4) is 0 Å². The zero-order valence-corrected chi connectivity index (χ0v) is 9.95. The lowest BCUT2D eigenvalue weighted by Crippen LogP contribution is -2.13. The Hall–Kier alpha value is -1.40. The molecule has 0 fully saturated rings. The maximum absolute atomic E-state index is 12.0. The molecule has 1 aromatic carbocycles. The zero-order valence-electron chi connectivity index (χ0n) is 12.1. The predicted molar refractivity (Wildman–Crippen MR) is 61.7 cm³/mol. The average molecular weight is 261 g/mol. The van der Waals surface area contributed by atoms with E-state index in [0.717, 1.165) is 19.2 Å². The Kier molecular flexibility index (Phi) is 2.99. The fraction of sp³-hybridized carbons (Fsp3) is 0.364. The summed E-state index contributed by atoms with van der Waals surface area (Å²) in [6, 6.07) is 3.20. The Labute approximate surface area is 104 Å². The van der Waals surface area contributed by atoms with Gasteiger partial charge in [-0.3, -0.25) is 0 Å². The summed E-state index contributed by atoms with van der Waals surface area (Å²) in [6.07, 6.45) is 0. The van der Waals surface area contributed by atoms with E-state index in [1.165, 1.54) is 6.07 Å². The molecule has 0 aliphatic carbocycles. The molecule has 0 aliphatic rings. The Morgan fingerprint density at radius 1 is 1.53 bits per heavy atom. The van der Waals surface area contributed by atoms with Crippen molar-refractivity contribution in [3.63, 3.8) is 0 Å². The minimum Gasteiger partial charge on any atom is -0.465 e. The molecule has 0 amide bonds. The molecular formula is C11H14O5S. The Balaban J connectivity index is 3.54. The van der Waals surface area contributed by atoms with Crippen molar-refractivity contribution in [1.29, 1.82) is 0 Å². The fourth-order valence-electron chi connectivity index (χ4n) is 1.25. The van der Waals surface area contributed by atoms with E-state index < -0.39 is 45.5 Å². The van der Waals surface area contributed by atoms with Gasteiger partial charge in [-0.25, -0.2) is 13.2 Å². The molecule has 0 atom stereocenters. The largest absolute Gasteiger partial charge is 0.465 e. The van der Waals surface area contributed by atoms with Gasteiger partial charge in [0.1, 0.15) is 0 Å². The van der Waals surface area contributed by atoms with Crippen LogP contribution < -0.4 is 0 Å². The number of carbonyl (C=O) groups is 1. The lowest BCUT2D eigenvalue weighted by Gasteiger charge is -2.08. The molecule has 0 saturated carbocycles. The van der Waals surface area contributed by atoms with Gasteiger partial charge >= 0.3 is 5.97 Å². The van der Waals surface area contributed by atoms with Crippen LogP contribution in [0, 0.1) is 6.85 Å². The molecular weight excluding hydrogens is 244 g/mol. The molecule has 0 heterocycles. The van der Waals surface area contributed by atoms with Crippen molar-refractivity contribution < 1.29 is 27.2 Å². The van der Waals surface area contributed by atoms with Gasteiger partial charge in [0, 0.05) is 4.11 Å². The Morgan fingerprint density at radius 3 is 2.76 bits per heavy atom. The monoisotopic (exact) mass is 261 g/mol. The number of sulfone groups is 1. The highest BCUT2D eigenvalue weighted by molar-refractivity contribution is 7.91. The van der Waals surface area contributed by atoms with Crippen molar-refractivity contribution in [2.24, 2.45) is 0 Å². The van der Waals surface area contributed by atoms with Crippen LogP contribution in [0.25, 0.3) is 0 Å². The van der Waals surface area contributed by atoms with Gasteiger partial charge in [0.25, 0.3) is 0 Å². The SMILES string of the molecule is [2H]C([2H])([2H])c1ccc(C(=O)OC)cc1S(=O)(=O)CCO. The number of hydrogen-bond acceptors (Lipinski definition) is 5. The number of ether oxygens (including phenoxy) is 1. The summed E-state index contributed by atoms with van der Waals surface area (Å²) in [4.78, 5) is 10.9. The number of carbonyl (C=O) groups excluding carboxylic acids is 1. The van der Waals surface area contributed by atoms with Crippen LogP contribution in [0.2, 0.25) is 0 Å². The average Bonchev–Trinajstić information content (AvgIpc) is 2.36. The molecule has 0 radical (unpaired) electrons. The zero-order chi connectivity index (χ0) is 15.6. The van der Waals surface area contributed by atoms with E-state index in [4.69, 9.17) is 9.22 Å². The van der Waals surface area contributed by atoms with Gasteiger partial charge in [-0.15, -0.1) is 0 Å². The van der Waals surface area contributed by atoms with Gasteiger partial charge < -0.3 is 9.84 Å². The molecule has 1 rings (SSSR count). The van der Waals surface area contributed by atoms with Crippen LogP contribution in [0.5, 0.6) is 0 Å². The van der Waals surface area contributed by atoms with Crippen molar-refractivity contribution in [2.75, 3.05) is 19.5 Å². The number of aliphatic hydroxyl groups is 1. The highest BCUT2D eigenvalue weighted by Gasteiger charge is 2.18. The van der Waals surface area contributed by atoms with E-state index in [-0.39, 0.29) is 5.56 Å². The van der Waals surface area contributed by atoms with Crippen molar-refractivity contribution in [2.45, 2.75) is 11.7 Å². The maximum atomic E-state index is 12.0.